The molecule has 0 radical (unpaired) electrons. The number of sulfone groups is 1. The summed E-state index contributed by atoms with van der Waals surface area (Å²) in [7, 11) is -1.87. The monoisotopic (exact) mass is 256 g/mol. The van der Waals surface area contributed by atoms with Gasteiger partial charge in [0.2, 0.25) is 5.91 Å². The summed E-state index contributed by atoms with van der Waals surface area (Å²) >= 11 is 0. The number of aromatic nitrogens is 2. The maximum absolute atomic E-state index is 11.6. The Morgan fingerprint density at radius 1 is 1.65 bits per heavy atom. The number of carbonyl (C=O) groups excluding carboxylic acids is 1. The highest BCUT2D eigenvalue weighted by atomic mass is 32.2. The number of rotatable bonds is 3. The highest BCUT2D eigenvalue weighted by molar-refractivity contribution is 7.92. The van der Waals surface area contributed by atoms with Crippen LogP contribution >= 0.6 is 0 Å². The van der Waals surface area contributed by atoms with Crippen LogP contribution in [0.3, 0.4) is 0 Å². The minimum absolute atomic E-state index is 0.0653. The van der Waals surface area contributed by atoms with Gasteiger partial charge in [0.05, 0.1) is 0 Å². The van der Waals surface area contributed by atoms with E-state index in [4.69, 9.17) is 5.26 Å². The average Bonchev–Trinajstić information content (AvgIpc) is 2.56. The smallest absolute Gasteiger partial charge is 0.243 e. The van der Waals surface area contributed by atoms with Crippen molar-refractivity contribution in [1.82, 2.24) is 9.78 Å². The number of nitrogens with one attached hydrogen (secondary N) is 1. The van der Waals surface area contributed by atoms with Crippen molar-refractivity contribution in [3.63, 3.8) is 0 Å². The quantitative estimate of drug-likeness (QED) is 0.796. The van der Waals surface area contributed by atoms with Crippen molar-refractivity contribution in [2.45, 2.75) is 12.2 Å². The standard InChI is InChI=1S/C9H12N4O3S/c1-6(17(3,15)16)9(14)11-8-7(4-10)5-13(2)12-8/h5-6H,1-3H3,(H,11,12,14). The number of carbonyl (C=O) groups is 1. The minimum atomic E-state index is -3.46. The van der Waals surface area contributed by atoms with Crippen molar-refractivity contribution in [1.29, 1.82) is 5.26 Å². The largest absolute Gasteiger partial charge is 0.307 e. The van der Waals surface area contributed by atoms with E-state index in [0.29, 0.717) is 0 Å². The summed E-state index contributed by atoms with van der Waals surface area (Å²) in [5.74, 6) is -0.641. The van der Waals surface area contributed by atoms with Crippen LogP contribution in [0.1, 0.15) is 12.5 Å². The molecule has 0 aliphatic heterocycles. The molecule has 1 amide bonds. The molecular formula is C9H12N4O3S. The SMILES string of the molecule is CC(C(=O)Nc1nn(C)cc1C#N)S(C)(=O)=O. The fourth-order valence-corrected chi connectivity index (χ4v) is 1.52. The zero-order chi connectivity index (χ0) is 13.2. The predicted molar refractivity (Wildman–Crippen MR) is 60.9 cm³/mol. The molecule has 1 atom stereocenters. The molecule has 0 aromatic carbocycles. The molecule has 92 valence electrons. The van der Waals surface area contributed by atoms with Gasteiger partial charge in [-0.3, -0.25) is 9.48 Å². The maximum Gasteiger partial charge on any atom is 0.243 e. The van der Waals surface area contributed by atoms with Crippen LogP contribution in [0.2, 0.25) is 0 Å². The molecule has 0 bridgehead atoms. The van der Waals surface area contributed by atoms with Crippen molar-refractivity contribution < 1.29 is 13.2 Å². The Hall–Kier alpha value is -1.88. The normalized spacial score (nSPS) is 12.8. The fourth-order valence-electron chi connectivity index (χ4n) is 1.08. The Morgan fingerprint density at radius 3 is 2.71 bits per heavy atom. The van der Waals surface area contributed by atoms with E-state index in [-0.39, 0.29) is 11.4 Å². The third-order valence-corrected chi connectivity index (χ3v) is 3.70. The number of amides is 1. The summed E-state index contributed by atoms with van der Waals surface area (Å²) in [5.41, 5.74) is 0.182. The van der Waals surface area contributed by atoms with Gasteiger partial charge >= 0.3 is 0 Å². The molecule has 0 fully saturated rings. The number of hydrogen-bond donors (Lipinski definition) is 1. The lowest BCUT2D eigenvalue weighted by Gasteiger charge is -2.08. The first-order valence-corrected chi connectivity index (χ1v) is 6.64. The molecule has 0 saturated carbocycles. The van der Waals surface area contributed by atoms with Crippen LogP contribution in [0.5, 0.6) is 0 Å². The molecular weight excluding hydrogens is 244 g/mol. The van der Waals surface area contributed by atoms with Gasteiger partial charge in [-0.05, 0) is 6.92 Å². The molecule has 1 heterocycles. The van der Waals surface area contributed by atoms with Crippen molar-refractivity contribution >= 4 is 21.6 Å². The highest BCUT2D eigenvalue weighted by Gasteiger charge is 2.24. The van der Waals surface area contributed by atoms with E-state index >= 15 is 0 Å². The highest BCUT2D eigenvalue weighted by Crippen LogP contribution is 2.12. The van der Waals surface area contributed by atoms with Crippen molar-refractivity contribution in [3.05, 3.63) is 11.8 Å². The summed E-state index contributed by atoms with van der Waals surface area (Å²) in [6.07, 6.45) is 2.40. The predicted octanol–water partition coefficient (Wildman–Crippen LogP) is -0.337. The Morgan fingerprint density at radius 2 is 2.24 bits per heavy atom. The molecule has 8 heteroatoms. The molecule has 0 aliphatic carbocycles. The van der Waals surface area contributed by atoms with Gasteiger partial charge in [0.15, 0.2) is 15.7 Å². The minimum Gasteiger partial charge on any atom is -0.307 e. The van der Waals surface area contributed by atoms with E-state index in [2.05, 4.69) is 10.4 Å². The molecule has 0 saturated heterocycles. The second kappa shape index (κ2) is 4.55. The van der Waals surface area contributed by atoms with E-state index in [1.165, 1.54) is 17.8 Å². The van der Waals surface area contributed by atoms with Crippen LogP contribution < -0.4 is 5.32 Å². The van der Waals surface area contributed by atoms with Gasteiger partial charge < -0.3 is 5.32 Å². The zero-order valence-corrected chi connectivity index (χ0v) is 10.4. The van der Waals surface area contributed by atoms with Crippen molar-refractivity contribution in [2.75, 3.05) is 11.6 Å². The van der Waals surface area contributed by atoms with E-state index in [1.54, 1.807) is 7.05 Å². The number of nitriles is 1. The molecule has 1 aromatic rings. The lowest BCUT2D eigenvalue weighted by molar-refractivity contribution is -0.115. The Kier molecular flexibility index (Phi) is 3.53. The Bertz CT molecular complexity index is 582. The number of aryl methyl sites for hydroxylation is 1. The first-order valence-electron chi connectivity index (χ1n) is 4.69. The van der Waals surface area contributed by atoms with E-state index < -0.39 is 21.0 Å². The van der Waals surface area contributed by atoms with Crippen LogP contribution in [-0.2, 0) is 21.7 Å². The Labute approximate surface area is 99.0 Å². The van der Waals surface area contributed by atoms with Crippen molar-refractivity contribution in [2.24, 2.45) is 7.05 Å². The number of hydrogen-bond acceptors (Lipinski definition) is 5. The van der Waals surface area contributed by atoms with Crippen molar-refractivity contribution in [3.8, 4) is 6.07 Å². The lowest BCUT2D eigenvalue weighted by Crippen LogP contribution is -2.32. The van der Waals surface area contributed by atoms with Gasteiger partial charge in [-0.2, -0.15) is 10.4 Å². The molecule has 7 nitrogen and oxygen atoms in total. The van der Waals surface area contributed by atoms with Gasteiger partial charge in [0, 0.05) is 19.5 Å². The third kappa shape index (κ3) is 3.04. The van der Waals surface area contributed by atoms with E-state index in [1.807, 2.05) is 6.07 Å². The number of anilines is 1. The molecule has 0 aliphatic rings. The van der Waals surface area contributed by atoms with Crippen LogP contribution in [-0.4, -0.2) is 35.6 Å². The number of nitrogens with zero attached hydrogens (tertiary/aromatic N) is 3. The molecule has 17 heavy (non-hydrogen) atoms. The Balaban J connectivity index is 2.93. The van der Waals surface area contributed by atoms with Crippen LogP contribution in [0.25, 0.3) is 0 Å². The van der Waals surface area contributed by atoms with Gasteiger partial charge in [-0.15, -0.1) is 0 Å². The van der Waals surface area contributed by atoms with Gasteiger partial charge in [0.25, 0.3) is 0 Å². The van der Waals surface area contributed by atoms with E-state index in [0.717, 1.165) is 6.26 Å². The topological polar surface area (TPSA) is 105 Å². The second-order valence-corrected chi connectivity index (χ2v) is 6.00. The summed E-state index contributed by atoms with van der Waals surface area (Å²) in [5, 5.41) is 13.8. The van der Waals surface area contributed by atoms with Crippen LogP contribution in [0, 0.1) is 11.3 Å². The molecule has 1 N–H and O–H groups in total. The maximum atomic E-state index is 11.6. The second-order valence-electron chi connectivity index (χ2n) is 3.64. The van der Waals surface area contributed by atoms with Gasteiger partial charge in [-0.25, -0.2) is 8.42 Å². The summed E-state index contributed by atoms with van der Waals surface area (Å²) in [6, 6.07) is 1.85. The van der Waals surface area contributed by atoms with E-state index in [9.17, 15) is 13.2 Å². The lowest BCUT2D eigenvalue weighted by atomic mass is 10.3. The summed E-state index contributed by atoms with van der Waals surface area (Å²) in [6.45, 7) is 1.28. The molecule has 0 spiro atoms. The van der Waals surface area contributed by atoms with Crippen LogP contribution in [0.4, 0.5) is 5.82 Å². The van der Waals surface area contributed by atoms with Gasteiger partial charge in [-0.1, -0.05) is 0 Å². The zero-order valence-electron chi connectivity index (χ0n) is 9.63. The molecule has 1 unspecified atom stereocenters. The first-order chi connectivity index (χ1) is 7.75. The summed E-state index contributed by atoms with van der Waals surface area (Å²) in [4.78, 5) is 11.6. The molecule has 1 rings (SSSR count). The summed E-state index contributed by atoms with van der Waals surface area (Å²) < 4.78 is 23.7. The molecule has 1 aromatic heterocycles. The third-order valence-electron chi connectivity index (χ3n) is 2.20. The average molecular weight is 256 g/mol. The fraction of sp³-hybridized carbons (Fsp3) is 0.444. The van der Waals surface area contributed by atoms with Gasteiger partial charge in [0.1, 0.15) is 16.9 Å². The first kappa shape index (κ1) is 13.2. The van der Waals surface area contributed by atoms with Crippen LogP contribution in [0.15, 0.2) is 6.20 Å².